The molecule has 2 unspecified atom stereocenters. The molecule has 5 nitrogen and oxygen atoms in total. The van der Waals surface area contributed by atoms with Crippen LogP contribution in [0.25, 0.3) is 0 Å². The minimum atomic E-state index is -0.379. The van der Waals surface area contributed by atoms with Gasteiger partial charge in [0.1, 0.15) is 5.69 Å². The lowest BCUT2D eigenvalue weighted by atomic mass is 10.2. The van der Waals surface area contributed by atoms with Gasteiger partial charge in [0, 0.05) is 6.54 Å². The summed E-state index contributed by atoms with van der Waals surface area (Å²) in [7, 11) is 0. The van der Waals surface area contributed by atoms with E-state index in [4.69, 9.17) is 4.74 Å². The highest BCUT2D eigenvalue weighted by molar-refractivity contribution is 5.68. The molecule has 1 aliphatic carbocycles. The number of ether oxygens (including phenoxy) is 1. The molecule has 0 heterocycles. The first-order chi connectivity index (χ1) is 8.99. The van der Waals surface area contributed by atoms with Crippen molar-refractivity contribution in [2.75, 3.05) is 11.9 Å². The van der Waals surface area contributed by atoms with Gasteiger partial charge in [0.25, 0.3) is 0 Å². The fourth-order valence-corrected chi connectivity index (χ4v) is 2.13. The Morgan fingerprint density at radius 2 is 2.21 bits per heavy atom. The van der Waals surface area contributed by atoms with Crippen LogP contribution >= 0.6 is 0 Å². The largest absolute Gasteiger partial charge is 0.484 e. The first-order valence-corrected chi connectivity index (χ1v) is 6.67. The minimum Gasteiger partial charge on any atom is -0.484 e. The monoisotopic (exact) mass is 264 g/mol. The molecule has 0 spiro atoms. The van der Waals surface area contributed by atoms with Gasteiger partial charge in [0.05, 0.1) is 11.0 Å². The van der Waals surface area contributed by atoms with Crippen LogP contribution in [0.4, 0.5) is 11.4 Å². The van der Waals surface area contributed by atoms with Crippen LogP contribution in [0.3, 0.4) is 0 Å². The van der Waals surface area contributed by atoms with Crippen LogP contribution in [-0.2, 0) is 0 Å². The van der Waals surface area contributed by atoms with E-state index in [9.17, 15) is 10.1 Å². The van der Waals surface area contributed by atoms with E-state index < -0.39 is 0 Å². The summed E-state index contributed by atoms with van der Waals surface area (Å²) in [5.74, 6) is 1.68. The van der Waals surface area contributed by atoms with Crippen molar-refractivity contribution in [2.24, 2.45) is 11.8 Å². The first kappa shape index (κ1) is 13.6. The highest BCUT2D eigenvalue weighted by Crippen LogP contribution is 2.40. The van der Waals surface area contributed by atoms with Crippen molar-refractivity contribution in [3.05, 3.63) is 28.3 Å². The number of para-hydroxylation sites is 1. The number of benzene rings is 1. The molecule has 1 N–H and O–H groups in total. The normalized spacial score (nSPS) is 21.3. The van der Waals surface area contributed by atoms with Crippen molar-refractivity contribution >= 4 is 11.4 Å². The molecule has 19 heavy (non-hydrogen) atoms. The number of rotatable bonds is 6. The third-order valence-electron chi connectivity index (χ3n) is 3.38. The van der Waals surface area contributed by atoms with Gasteiger partial charge in [-0.25, -0.2) is 0 Å². The Kier molecular flexibility index (Phi) is 3.93. The topological polar surface area (TPSA) is 64.4 Å². The fourth-order valence-electron chi connectivity index (χ4n) is 2.13. The molecule has 0 saturated heterocycles. The van der Waals surface area contributed by atoms with Gasteiger partial charge in [-0.2, -0.15) is 0 Å². The van der Waals surface area contributed by atoms with Crippen molar-refractivity contribution in [1.82, 2.24) is 0 Å². The van der Waals surface area contributed by atoms with E-state index in [1.807, 2.05) is 13.8 Å². The minimum absolute atomic E-state index is 0.0319. The molecule has 0 aliphatic heterocycles. The average molecular weight is 264 g/mol. The molecule has 2 rings (SSSR count). The van der Waals surface area contributed by atoms with E-state index in [2.05, 4.69) is 12.2 Å². The van der Waals surface area contributed by atoms with E-state index >= 15 is 0 Å². The van der Waals surface area contributed by atoms with Crippen molar-refractivity contribution in [3.63, 3.8) is 0 Å². The predicted octanol–water partition coefficient (Wildman–Crippen LogP) is 3.45. The second-order valence-electron chi connectivity index (χ2n) is 5.43. The van der Waals surface area contributed by atoms with Crippen LogP contribution in [-0.4, -0.2) is 17.6 Å². The molecule has 5 heteroatoms. The summed E-state index contributed by atoms with van der Waals surface area (Å²) in [6, 6.07) is 5.16. The van der Waals surface area contributed by atoms with Crippen LogP contribution in [0.2, 0.25) is 0 Å². The van der Waals surface area contributed by atoms with Crippen LogP contribution < -0.4 is 10.1 Å². The van der Waals surface area contributed by atoms with Gasteiger partial charge in [0.15, 0.2) is 5.75 Å². The maximum atomic E-state index is 11.2. The summed E-state index contributed by atoms with van der Waals surface area (Å²) in [6.07, 6.45) is 1.11. The zero-order chi connectivity index (χ0) is 14.0. The molecule has 1 aliphatic rings. The summed E-state index contributed by atoms with van der Waals surface area (Å²) in [5, 5.41) is 14.4. The highest BCUT2D eigenvalue weighted by Gasteiger charge is 2.32. The third-order valence-corrected chi connectivity index (χ3v) is 3.38. The van der Waals surface area contributed by atoms with E-state index in [0.717, 1.165) is 12.5 Å². The molecule has 1 fully saturated rings. The summed E-state index contributed by atoms with van der Waals surface area (Å²) in [6.45, 7) is 6.69. The number of hydrogen-bond donors (Lipinski definition) is 1. The van der Waals surface area contributed by atoms with Gasteiger partial charge in [0.2, 0.25) is 0 Å². The fraction of sp³-hybridized carbons (Fsp3) is 0.571. The van der Waals surface area contributed by atoms with Crippen molar-refractivity contribution < 1.29 is 9.66 Å². The standard InChI is InChI=1S/C14H20N2O3/c1-9(2)19-13-6-4-5-12(14(13)16(17)18)15-8-11-7-10(11)3/h4-6,9-11,15H,7-8H2,1-3H3. The van der Waals surface area contributed by atoms with Crippen LogP contribution in [0.1, 0.15) is 27.2 Å². The highest BCUT2D eigenvalue weighted by atomic mass is 16.6. The number of hydrogen-bond acceptors (Lipinski definition) is 4. The molecule has 1 saturated carbocycles. The van der Waals surface area contributed by atoms with Gasteiger partial charge >= 0.3 is 5.69 Å². The van der Waals surface area contributed by atoms with Crippen LogP contribution in [0.5, 0.6) is 5.75 Å². The molecule has 0 aromatic heterocycles. The Labute approximate surface area is 113 Å². The first-order valence-electron chi connectivity index (χ1n) is 6.67. The molecular formula is C14H20N2O3. The zero-order valence-electron chi connectivity index (χ0n) is 11.6. The molecular weight excluding hydrogens is 244 g/mol. The number of nitro benzene ring substituents is 1. The third kappa shape index (κ3) is 3.36. The number of nitrogens with one attached hydrogen (secondary N) is 1. The van der Waals surface area contributed by atoms with Crippen molar-refractivity contribution in [3.8, 4) is 5.75 Å². The van der Waals surface area contributed by atoms with Gasteiger partial charge in [-0.15, -0.1) is 0 Å². The summed E-state index contributed by atoms with van der Waals surface area (Å²) in [5.41, 5.74) is 0.576. The number of anilines is 1. The Balaban J connectivity index is 2.18. The van der Waals surface area contributed by atoms with E-state index in [1.165, 1.54) is 6.42 Å². The zero-order valence-corrected chi connectivity index (χ0v) is 11.6. The Morgan fingerprint density at radius 1 is 1.53 bits per heavy atom. The lowest BCUT2D eigenvalue weighted by molar-refractivity contribution is -0.385. The lowest BCUT2D eigenvalue weighted by Crippen LogP contribution is -2.10. The smallest absolute Gasteiger partial charge is 0.333 e. The van der Waals surface area contributed by atoms with Crippen molar-refractivity contribution in [1.29, 1.82) is 0 Å². The van der Waals surface area contributed by atoms with Crippen LogP contribution in [0.15, 0.2) is 18.2 Å². The second-order valence-corrected chi connectivity index (χ2v) is 5.43. The SMILES string of the molecule is CC(C)Oc1cccc(NCC2CC2C)c1[N+](=O)[O-]. The molecule has 2 atom stereocenters. The molecule has 0 radical (unpaired) electrons. The van der Waals surface area contributed by atoms with E-state index in [-0.39, 0.29) is 16.7 Å². The maximum absolute atomic E-state index is 11.2. The van der Waals surface area contributed by atoms with Crippen molar-refractivity contribution in [2.45, 2.75) is 33.3 Å². The summed E-state index contributed by atoms with van der Waals surface area (Å²) in [4.78, 5) is 10.9. The van der Waals surface area contributed by atoms with Gasteiger partial charge in [-0.1, -0.05) is 13.0 Å². The van der Waals surface area contributed by atoms with Crippen LogP contribution in [0, 0.1) is 22.0 Å². The average Bonchev–Trinajstić information content (AvgIpc) is 3.01. The van der Waals surface area contributed by atoms with Gasteiger partial charge in [-0.05, 0) is 44.2 Å². The quantitative estimate of drug-likeness (QED) is 0.631. The van der Waals surface area contributed by atoms with E-state index in [0.29, 0.717) is 17.4 Å². The molecule has 0 bridgehead atoms. The number of nitro groups is 1. The second kappa shape index (κ2) is 5.47. The maximum Gasteiger partial charge on any atom is 0.333 e. The Morgan fingerprint density at radius 3 is 2.74 bits per heavy atom. The summed E-state index contributed by atoms with van der Waals surface area (Å²) >= 11 is 0. The van der Waals surface area contributed by atoms with E-state index in [1.54, 1.807) is 18.2 Å². The molecule has 104 valence electrons. The molecule has 1 aromatic rings. The lowest BCUT2D eigenvalue weighted by Gasteiger charge is -2.13. The Hall–Kier alpha value is -1.78. The predicted molar refractivity (Wildman–Crippen MR) is 74.6 cm³/mol. The Bertz CT molecular complexity index is 474. The summed E-state index contributed by atoms with van der Waals surface area (Å²) < 4.78 is 5.51. The molecule has 0 amide bonds. The van der Waals surface area contributed by atoms with Gasteiger partial charge < -0.3 is 10.1 Å². The molecule has 1 aromatic carbocycles. The van der Waals surface area contributed by atoms with Gasteiger partial charge in [-0.3, -0.25) is 10.1 Å². The number of nitrogens with zero attached hydrogens (tertiary/aromatic N) is 1.